The number of likely N-dealkylation sites (tertiary alicyclic amines) is 1. The smallest absolute Gasteiger partial charge is 0.251 e. The number of benzene rings is 1. The van der Waals surface area contributed by atoms with Gasteiger partial charge in [-0.1, -0.05) is 12.1 Å². The Morgan fingerprint density at radius 3 is 2.88 bits per heavy atom. The number of hydrogen-bond acceptors (Lipinski definition) is 5. The van der Waals surface area contributed by atoms with E-state index in [1.54, 1.807) is 14.2 Å². The number of ether oxygens (including phenoxy) is 2. The van der Waals surface area contributed by atoms with Gasteiger partial charge in [-0.15, -0.1) is 0 Å². The van der Waals surface area contributed by atoms with Gasteiger partial charge in [-0.2, -0.15) is 0 Å². The fourth-order valence-corrected chi connectivity index (χ4v) is 3.54. The first-order valence-electron chi connectivity index (χ1n) is 8.60. The molecule has 134 valence electrons. The zero-order valence-electron chi connectivity index (χ0n) is 15.0. The molecule has 1 fully saturated rings. The Balaban J connectivity index is 1.77. The van der Waals surface area contributed by atoms with Crippen LogP contribution in [0.5, 0.6) is 11.5 Å². The van der Waals surface area contributed by atoms with Gasteiger partial charge < -0.3 is 14.5 Å². The van der Waals surface area contributed by atoms with Gasteiger partial charge >= 0.3 is 0 Å². The summed E-state index contributed by atoms with van der Waals surface area (Å²) in [5.41, 5.74) is 1.80. The van der Waals surface area contributed by atoms with Crippen LogP contribution in [0.4, 0.5) is 0 Å². The maximum Gasteiger partial charge on any atom is 0.251 e. The van der Waals surface area contributed by atoms with Gasteiger partial charge in [0.15, 0.2) is 11.5 Å². The highest BCUT2D eigenvalue weighted by Gasteiger charge is 2.24. The van der Waals surface area contributed by atoms with Gasteiger partial charge in [-0.3, -0.25) is 9.69 Å². The van der Waals surface area contributed by atoms with Crippen LogP contribution in [0, 0.1) is 6.92 Å². The van der Waals surface area contributed by atoms with Gasteiger partial charge in [0.25, 0.3) is 5.56 Å². The number of nitrogens with one attached hydrogen (secondary N) is 1. The Kier molecular flexibility index (Phi) is 5.38. The molecule has 0 unspecified atom stereocenters. The number of piperidine rings is 1. The van der Waals surface area contributed by atoms with Crippen molar-refractivity contribution in [3.8, 4) is 11.5 Å². The molecule has 1 aromatic heterocycles. The fraction of sp³-hybridized carbons (Fsp3) is 0.474. The summed E-state index contributed by atoms with van der Waals surface area (Å²) in [7, 11) is 3.32. The van der Waals surface area contributed by atoms with E-state index < -0.39 is 0 Å². The molecule has 0 radical (unpaired) electrons. The minimum Gasteiger partial charge on any atom is -0.493 e. The molecule has 6 heteroatoms. The lowest BCUT2D eigenvalue weighted by molar-refractivity contribution is 0.193. The van der Waals surface area contributed by atoms with E-state index in [0.717, 1.165) is 61.1 Å². The normalized spacial score (nSPS) is 18.1. The quantitative estimate of drug-likeness (QED) is 0.903. The number of hydrogen-bond donors (Lipinski definition) is 1. The van der Waals surface area contributed by atoms with Crippen molar-refractivity contribution in [1.82, 2.24) is 14.9 Å². The maximum absolute atomic E-state index is 11.7. The Morgan fingerprint density at radius 2 is 2.16 bits per heavy atom. The first kappa shape index (κ1) is 17.5. The lowest BCUT2D eigenvalue weighted by Crippen LogP contribution is -2.35. The first-order valence-corrected chi connectivity index (χ1v) is 8.60. The zero-order valence-corrected chi connectivity index (χ0v) is 15.0. The van der Waals surface area contributed by atoms with E-state index in [-0.39, 0.29) is 11.5 Å². The molecule has 1 atom stereocenters. The Morgan fingerprint density at radius 1 is 1.32 bits per heavy atom. The number of rotatable bonds is 5. The molecular weight excluding hydrogens is 318 g/mol. The average molecular weight is 343 g/mol. The average Bonchev–Trinajstić information content (AvgIpc) is 2.61. The standard InChI is InChI=1S/C19H25N3O3/c1-13-10-17(23)21-19(20-13)15-7-5-9-22(12-15)11-14-6-4-8-16(24-2)18(14)25-3/h4,6,8,10,15H,5,7,9,11-12H2,1-3H3,(H,20,21,23)/t15-/m0/s1. The van der Waals surface area contributed by atoms with Crippen LogP contribution in [0.3, 0.4) is 0 Å². The van der Waals surface area contributed by atoms with E-state index in [4.69, 9.17) is 9.47 Å². The summed E-state index contributed by atoms with van der Waals surface area (Å²) >= 11 is 0. The number of aromatic amines is 1. The second-order valence-electron chi connectivity index (χ2n) is 6.50. The summed E-state index contributed by atoms with van der Waals surface area (Å²) in [5.74, 6) is 2.58. The molecule has 0 bridgehead atoms. The molecule has 1 aromatic carbocycles. The largest absolute Gasteiger partial charge is 0.493 e. The molecule has 1 aliphatic rings. The van der Waals surface area contributed by atoms with Crippen molar-refractivity contribution in [2.24, 2.45) is 0 Å². The van der Waals surface area contributed by atoms with Crippen molar-refractivity contribution in [2.75, 3.05) is 27.3 Å². The monoisotopic (exact) mass is 343 g/mol. The summed E-state index contributed by atoms with van der Waals surface area (Å²) in [6.45, 7) is 4.53. The highest BCUT2D eigenvalue weighted by molar-refractivity contribution is 5.46. The van der Waals surface area contributed by atoms with Crippen molar-refractivity contribution in [1.29, 1.82) is 0 Å². The minimum absolute atomic E-state index is 0.0749. The van der Waals surface area contributed by atoms with Crippen LogP contribution >= 0.6 is 0 Å². The molecule has 25 heavy (non-hydrogen) atoms. The van der Waals surface area contributed by atoms with Crippen molar-refractivity contribution < 1.29 is 9.47 Å². The summed E-state index contributed by atoms with van der Waals surface area (Å²) < 4.78 is 10.9. The summed E-state index contributed by atoms with van der Waals surface area (Å²) in [6, 6.07) is 7.49. The second kappa shape index (κ2) is 7.70. The van der Waals surface area contributed by atoms with E-state index in [0.29, 0.717) is 0 Å². The molecule has 0 saturated carbocycles. The number of aromatic nitrogens is 2. The van der Waals surface area contributed by atoms with Gasteiger partial charge in [0.2, 0.25) is 0 Å². The second-order valence-corrected chi connectivity index (χ2v) is 6.50. The molecule has 1 N–H and O–H groups in total. The topological polar surface area (TPSA) is 67.5 Å². The van der Waals surface area contributed by atoms with Crippen LogP contribution in [0.2, 0.25) is 0 Å². The fourth-order valence-electron chi connectivity index (χ4n) is 3.54. The molecule has 3 rings (SSSR count). The van der Waals surface area contributed by atoms with Crippen LogP contribution in [-0.2, 0) is 6.54 Å². The Labute approximate surface area is 147 Å². The molecule has 1 aliphatic heterocycles. The number of para-hydroxylation sites is 1. The Hall–Kier alpha value is -2.34. The van der Waals surface area contributed by atoms with E-state index in [2.05, 4.69) is 20.9 Å². The van der Waals surface area contributed by atoms with Crippen molar-refractivity contribution in [3.05, 3.63) is 51.7 Å². The lowest BCUT2D eigenvalue weighted by Gasteiger charge is -2.32. The molecule has 0 spiro atoms. The molecule has 0 aliphatic carbocycles. The van der Waals surface area contributed by atoms with E-state index in [1.165, 1.54) is 6.07 Å². The van der Waals surface area contributed by atoms with E-state index in [1.807, 2.05) is 19.1 Å². The molecule has 1 saturated heterocycles. The van der Waals surface area contributed by atoms with E-state index >= 15 is 0 Å². The predicted octanol–water partition coefficient (Wildman–Crippen LogP) is 2.48. The number of methoxy groups -OCH3 is 2. The zero-order chi connectivity index (χ0) is 17.8. The number of H-pyrrole nitrogens is 1. The van der Waals surface area contributed by atoms with Crippen molar-refractivity contribution in [3.63, 3.8) is 0 Å². The van der Waals surface area contributed by atoms with Crippen LogP contribution < -0.4 is 15.0 Å². The summed E-state index contributed by atoms with van der Waals surface area (Å²) in [4.78, 5) is 21.6. The van der Waals surface area contributed by atoms with Gasteiger partial charge in [0.1, 0.15) is 5.82 Å². The molecule has 2 heterocycles. The van der Waals surface area contributed by atoms with Gasteiger partial charge in [0, 0.05) is 36.3 Å². The van der Waals surface area contributed by atoms with E-state index in [9.17, 15) is 4.79 Å². The maximum atomic E-state index is 11.7. The van der Waals surface area contributed by atoms with Gasteiger partial charge in [0.05, 0.1) is 14.2 Å². The third-order valence-corrected chi connectivity index (χ3v) is 4.66. The highest BCUT2D eigenvalue weighted by Crippen LogP contribution is 2.33. The van der Waals surface area contributed by atoms with Crippen LogP contribution in [0.15, 0.2) is 29.1 Å². The van der Waals surface area contributed by atoms with Gasteiger partial charge in [-0.25, -0.2) is 4.98 Å². The third kappa shape index (κ3) is 4.02. The SMILES string of the molecule is COc1cccc(CN2CCC[C@H](c3nc(C)cc(=O)[nH]3)C2)c1OC. The van der Waals surface area contributed by atoms with Crippen LogP contribution in [-0.4, -0.2) is 42.2 Å². The van der Waals surface area contributed by atoms with Crippen LogP contribution in [0.25, 0.3) is 0 Å². The Bertz CT molecular complexity index is 788. The van der Waals surface area contributed by atoms with Crippen molar-refractivity contribution >= 4 is 0 Å². The lowest BCUT2D eigenvalue weighted by atomic mass is 9.96. The minimum atomic E-state index is -0.0749. The van der Waals surface area contributed by atoms with Crippen molar-refractivity contribution in [2.45, 2.75) is 32.2 Å². The molecule has 0 amide bonds. The summed E-state index contributed by atoms with van der Waals surface area (Å²) in [6.07, 6.45) is 2.12. The highest BCUT2D eigenvalue weighted by atomic mass is 16.5. The molecule has 2 aromatic rings. The molecular formula is C19H25N3O3. The summed E-state index contributed by atoms with van der Waals surface area (Å²) in [5, 5.41) is 0. The molecule has 6 nitrogen and oxygen atoms in total. The number of nitrogens with zero attached hydrogens (tertiary/aromatic N) is 2. The number of aryl methyl sites for hydroxylation is 1. The first-order chi connectivity index (χ1) is 12.1. The predicted molar refractivity (Wildman–Crippen MR) is 96.4 cm³/mol. The van der Waals surface area contributed by atoms with Gasteiger partial charge in [-0.05, 0) is 32.4 Å². The van der Waals surface area contributed by atoms with Crippen LogP contribution in [0.1, 0.15) is 35.8 Å². The third-order valence-electron chi connectivity index (χ3n) is 4.66.